The van der Waals surface area contributed by atoms with Crippen molar-refractivity contribution in [3.63, 3.8) is 0 Å². The summed E-state index contributed by atoms with van der Waals surface area (Å²) in [5, 5.41) is 9.53. The summed E-state index contributed by atoms with van der Waals surface area (Å²) in [7, 11) is 0. The average molecular weight is 437 g/mol. The summed E-state index contributed by atoms with van der Waals surface area (Å²) in [5.74, 6) is -0.835. The zero-order valence-corrected chi connectivity index (χ0v) is 19.2. The number of aliphatic hydroxyl groups is 1. The number of allylic oxidation sites excluding steroid dienone is 5. The summed E-state index contributed by atoms with van der Waals surface area (Å²) in [4.78, 5) is 22.3. The van der Waals surface area contributed by atoms with Crippen LogP contribution in [0.2, 0.25) is 0 Å². The number of unbranched alkanes of at least 4 members (excludes halogenated alkanes) is 3. The van der Waals surface area contributed by atoms with E-state index in [4.69, 9.17) is 9.47 Å². The molecule has 0 radical (unpaired) electrons. The molecule has 3 atom stereocenters. The monoisotopic (exact) mass is 436 g/mol. The highest BCUT2D eigenvalue weighted by Gasteiger charge is 2.36. The van der Waals surface area contributed by atoms with Gasteiger partial charge in [0.05, 0.1) is 12.2 Å². The first-order valence-corrected chi connectivity index (χ1v) is 11.6. The fourth-order valence-corrected chi connectivity index (χ4v) is 3.01. The molecular formula is C25H40O6. The van der Waals surface area contributed by atoms with Crippen molar-refractivity contribution in [2.75, 3.05) is 13.2 Å². The first-order chi connectivity index (χ1) is 15.0. The van der Waals surface area contributed by atoms with Gasteiger partial charge >= 0.3 is 11.9 Å². The molecule has 1 rings (SSSR count). The van der Waals surface area contributed by atoms with Gasteiger partial charge in [0, 0.05) is 13.3 Å². The minimum atomic E-state index is -0.988. The molecule has 0 aromatic carbocycles. The first kappa shape index (κ1) is 27.1. The third-order valence-electron chi connectivity index (χ3n) is 4.86. The molecule has 31 heavy (non-hydrogen) atoms. The van der Waals surface area contributed by atoms with Crippen LogP contribution in [-0.2, 0) is 23.8 Å². The van der Waals surface area contributed by atoms with E-state index in [-0.39, 0.29) is 31.4 Å². The number of carbonyl (C=O) groups excluding carboxylic acids is 2. The molecule has 1 saturated heterocycles. The molecule has 0 aromatic heterocycles. The van der Waals surface area contributed by atoms with Crippen molar-refractivity contribution in [3.05, 3.63) is 36.5 Å². The van der Waals surface area contributed by atoms with Gasteiger partial charge in [-0.05, 0) is 44.9 Å². The maximum absolute atomic E-state index is 11.7. The van der Waals surface area contributed by atoms with E-state index < -0.39 is 12.1 Å². The number of ether oxygens (including phenoxy) is 3. The van der Waals surface area contributed by atoms with Gasteiger partial charge in [-0.2, -0.15) is 0 Å². The molecule has 0 bridgehead atoms. The molecule has 0 spiro atoms. The maximum Gasteiger partial charge on any atom is 0.305 e. The number of epoxide rings is 1. The molecular weight excluding hydrogens is 396 g/mol. The van der Waals surface area contributed by atoms with Gasteiger partial charge in [-0.1, -0.05) is 56.2 Å². The van der Waals surface area contributed by atoms with Gasteiger partial charge in [-0.15, -0.1) is 0 Å². The summed E-state index contributed by atoms with van der Waals surface area (Å²) < 4.78 is 15.2. The molecule has 1 aliphatic heterocycles. The predicted octanol–water partition coefficient (Wildman–Crippen LogP) is 4.81. The Balaban J connectivity index is 1.95. The van der Waals surface area contributed by atoms with Crippen LogP contribution in [0.25, 0.3) is 0 Å². The lowest BCUT2D eigenvalue weighted by molar-refractivity contribution is -0.151. The molecule has 6 heteroatoms. The molecule has 0 amide bonds. The lowest BCUT2D eigenvalue weighted by atomic mass is 10.1. The molecule has 176 valence electrons. The summed E-state index contributed by atoms with van der Waals surface area (Å²) in [6.45, 7) is 3.15. The highest BCUT2D eigenvalue weighted by atomic mass is 16.6. The molecule has 0 aromatic rings. The van der Waals surface area contributed by atoms with E-state index in [0.717, 1.165) is 25.7 Å². The van der Waals surface area contributed by atoms with Gasteiger partial charge < -0.3 is 19.3 Å². The Bertz CT molecular complexity index is 581. The average Bonchev–Trinajstić information content (AvgIpc) is 3.49. The van der Waals surface area contributed by atoms with E-state index in [1.54, 1.807) is 0 Å². The number of carbonyl (C=O) groups is 2. The lowest BCUT2D eigenvalue weighted by Gasteiger charge is -2.10. The zero-order chi connectivity index (χ0) is 22.7. The van der Waals surface area contributed by atoms with E-state index in [1.165, 1.54) is 32.6 Å². The second kappa shape index (κ2) is 17.7. The second-order valence-electron chi connectivity index (χ2n) is 7.86. The largest absolute Gasteiger partial charge is 0.463 e. The smallest absolute Gasteiger partial charge is 0.305 e. The standard InChI is InChI=1S/C25H40O6/c1-3-4-5-6-7-8-9-10-11-12-13-14-16-23-24(31-23)17-15-18-25(28)30-20-22(27)19-29-21(2)26/h7-8,10-11,13-14,22-24,27H,3-6,9,12,15-20H2,1-2H3/b8-7-,11-10-,14-13-/t22-,23?,24?/m0/s1. The number of hydrogen-bond acceptors (Lipinski definition) is 6. The fourth-order valence-electron chi connectivity index (χ4n) is 3.01. The van der Waals surface area contributed by atoms with Crippen molar-refractivity contribution in [1.29, 1.82) is 0 Å². The van der Waals surface area contributed by atoms with Crippen molar-refractivity contribution in [1.82, 2.24) is 0 Å². The molecule has 6 nitrogen and oxygen atoms in total. The van der Waals surface area contributed by atoms with Crippen LogP contribution >= 0.6 is 0 Å². The summed E-state index contributed by atoms with van der Waals surface area (Å²) >= 11 is 0. The van der Waals surface area contributed by atoms with Gasteiger partial charge in [0.2, 0.25) is 0 Å². The maximum atomic E-state index is 11.7. The van der Waals surface area contributed by atoms with Crippen molar-refractivity contribution < 1.29 is 28.9 Å². The van der Waals surface area contributed by atoms with Gasteiger partial charge in [0.25, 0.3) is 0 Å². The molecule has 1 heterocycles. The van der Waals surface area contributed by atoms with Gasteiger partial charge in [0.1, 0.15) is 19.3 Å². The lowest BCUT2D eigenvalue weighted by Crippen LogP contribution is -2.24. The summed E-state index contributed by atoms with van der Waals surface area (Å²) in [6, 6.07) is 0. The quantitative estimate of drug-likeness (QED) is 0.144. The summed E-state index contributed by atoms with van der Waals surface area (Å²) in [6.07, 6.45) is 22.4. The Morgan fingerprint density at radius 2 is 1.61 bits per heavy atom. The van der Waals surface area contributed by atoms with Crippen LogP contribution in [0, 0.1) is 0 Å². The van der Waals surface area contributed by atoms with Crippen LogP contribution in [0.4, 0.5) is 0 Å². The van der Waals surface area contributed by atoms with Crippen LogP contribution < -0.4 is 0 Å². The van der Waals surface area contributed by atoms with Gasteiger partial charge in [-0.25, -0.2) is 0 Å². The molecule has 1 aliphatic rings. The molecule has 0 aliphatic carbocycles. The minimum Gasteiger partial charge on any atom is -0.463 e. The number of aliphatic hydroxyl groups excluding tert-OH is 1. The predicted molar refractivity (Wildman–Crippen MR) is 122 cm³/mol. The SMILES string of the molecule is CCCCC/C=C\C/C=C\C/C=C\CC1OC1CCCC(=O)OC[C@@H](O)COC(C)=O. The second-order valence-corrected chi connectivity index (χ2v) is 7.86. The third-order valence-corrected chi connectivity index (χ3v) is 4.86. The van der Waals surface area contributed by atoms with Crippen LogP contribution in [0.1, 0.15) is 78.1 Å². The van der Waals surface area contributed by atoms with E-state index in [1.807, 2.05) is 0 Å². The third kappa shape index (κ3) is 16.4. The van der Waals surface area contributed by atoms with Crippen LogP contribution in [-0.4, -0.2) is 48.6 Å². The molecule has 1 fully saturated rings. The first-order valence-electron chi connectivity index (χ1n) is 11.6. The van der Waals surface area contributed by atoms with Gasteiger partial charge in [-0.3, -0.25) is 9.59 Å². The van der Waals surface area contributed by atoms with Gasteiger partial charge in [0.15, 0.2) is 0 Å². The molecule has 0 saturated carbocycles. The fraction of sp³-hybridized carbons (Fsp3) is 0.680. The Kier molecular flexibility index (Phi) is 15.5. The number of hydrogen-bond donors (Lipinski definition) is 1. The topological polar surface area (TPSA) is 85.4 Å². The molecule has 2 unspecified atom stereocenters. The van der Waals surface area contributed by atoms with E-state index >= 15 is 0 Å². The summed E-state index contributed by atoms with van der Waals surface area (Å²) in [5.41, 5.74) is 0. The number of esters is 2. The highest BCUT2D eigenvalue weighted by molar-refractivity contribution is 5.69. The normalized spacial score (nSPS) is 19.3. The Labute approximate surface area is 187 Å². The number of rotatable bonds is 18. The van der Waals surface area contributed by atoms with E-state index in [9.17, 15) is 14.7 Å². The zero-order valence-electron chi connectivity index (χ0n) is 19.2. The Morgan fingerprint density at radius 1 is 0.935 bits per heavy atom. The minimum absolute atomic E-state index is 0.164. The van der Waals surface area contributed by atoms with Crippen LogP contribution in [0.15, 0.2) is 36.5 Å². The Hall–Kier alpha value is -1.92. The van der Waals surface area contributed by atoms with Crippen LogP contribution in [0.3, 0.4) is 0 Å². The van der Waals surface area contributed by atoms with Crippen molar-refractivity contribution in [3.8, 4) is 0 Å². The van der Waals surface area contributed by atoms with Crippen molar-refractivity contribution >= 4 is 11.9 Å². The van der Waals surface area contributed by atoms with Crippen molar-refractivity contribution in [2.45, 2.75) is 96.4 Å². The molecule has 1 N–H and O–H groups in total. The highest BCUT2D eigenvalue weighted by Crippen LogP contribution is 2.30. The van der Waals surface area contributed by atoms with E-state index in [0.29, 0.717) is 12.8 Å². The van der Waals surface area contributed by atoms with Crippen LogP contribution in [0.5, 0.6) is 0 Å². The Morgan fingerprint density at radius 3 is 2.32 bits per heavy atom. The van der Waals surface area contributed by atoms with Crippen molar-refractivity contribution in [2.24, 2.45) is 0 Å². The van der Waals surface area contributed by atoms with E-state index in [2.05, 4.69) is 48.1 Å².